The molecule has 1 N–H and O–H groups in total. The maximum atomic E-state index is 12.6. The zero-order valence-electron chi connectivity index (χ0n) is 12.3. The van der Waals surface area contributed by atoms with E-state index in [1.807, 2.05) is 0 Å². The largest absolute Gasteiger partial charge is 0.439 e. The van der Waals surface area contributed by atoms with E-state index < -0.39 is 17.8 Å². The average molecular weight is 321 g/mol. The maximum Gasteiger partial charge on any atom is 0.416 e. The molecule has 0 aliphatic heterocycles. The zero-order chi connectivity index (χ0) is 16.9. The van der Waals surface area contributed by atoms with E-state index in [1.54, 1.807) is 31.2 Å². The molecule has 1 aromatic heterocycles. The standard InChI is InChI=1S/C17H14F3NO2/c1-12(22)3-2-4-13-5-7-15(8-6-13)23-16-11-14(9-10-21-16)17(18,19)20/h5-12,22H,3H2,1H3. The van der Waals surface area contributed by atoms with Gasteiger partial charge in [0.15, 0.2) is 0 Å². The van der Waals surface area contributed by atoms with Gasteiger partial charge in [0, 0.05) is 24.2 Å². The number of aliphatic hydroxyl groups is 1. The smallest absolute Gasteiger partial charge is 0.416 e. The van der Waals surface area contributed by atoms with Crippen LogP contribution in [0.25, 0.3) is 0 Å². The van der Waals surface area contributed by atoms with Crippen LogP contribution in [0, 0.1) is 11.8 Å². The third kappa shape index (κ3) is 5.31. The molecule has 0 bridgehead atoms. The van der Waals surface area contributed by atoms with Gasteiger partial charge in [-0.3, -0.25) is 0 Å². The molecule has 120 valence electrons. The Labute approximate surface area is 131 Å². The predicted octanol–water partition coefficient (Wildman–Crippen LogP) is 4.02. The maximum absolute atomic E-state index is 12.6. The Morgan fingerprint density at radius 1 is 1.22 bits per heavy atom. The van der Waals surface area contributed by atoms with Crippen LogP contribution in [0.3, 0.4) is 0 Å². The third-order valence-electron chi connectivity index (χ3n) is 2.77. The van der Waals surface area contributed by atoms with Crippen LogP contribution in [0.15, 0.2) is 42.6 Å². The highest BCUT2D eigenvalue weighted by molar-refractivity contribution is 5.39. The Morgan fingerprint density at radius 2 is 1.91 bits per heavy atom. The summed E-state index contributed by atoms with van der Waals surface area (Å²) in [6.45, 7) is 1.65. The second kappa shape index (κ2) is 7.16. The minimum Gasteiger partial charge on any atom is -0.439 e. The predicted molar refractivity (Wildman–Crippen MR) is 78.9 cm³/mol. The van der Waals surface area contributed by atoms with Crippen molar-refractivity contribution in [1.29, 1.82) is 0 Å². The molecule has 0 aliphatic rings. The van der Waals surface area contributed by atoms with E-state index in [0.29, 0.717) is 12.2 Å². The minimum atomic E-state index is -4.44. The number of nitrogens with zero attached hydrogens (tertiary/aromatic N) is 1. The SMILES string of the molecule is CC(O)CC#Cc1ccc(Oc2cc(C(F)(F)F)ccn2)cc1. The highest BCUT2D eigenvalue weighted by Crippen LogP contribution is 2.31. The van der Waals surface area contributed by atoms with Crippen molar-refractivity contribution in [3.63, 3.8) is 0 Å². The summed E-state index contributed by atoms with van der Waals surface area (Å²) in [5.41, 5.74) is -0.0990. The van der Waals surface area contributed by atoms with Crippen LogP contribution in [0.2, 0.25) is 0 Å². The monoisotopic (exact) mass is 321 g/mol. The number of pyridine rings is 1. The number of halogens is 3. The van der Waals surface area contributed by atoms with Crippen molar-refractivity contribution in [3.8, 4) is 23.5 Å². The highest BCUT2D eigenvalue weighted by atomic mass is 19.4. The first-order valence-corrected chi connectivity index (χ1v) is 6.83. The van der Waals surface area contributed by atoms with Crippen molar-refractivity contribution in [2.75, 3.05) is 0 Å². The molecule has 1 unspecified atom stereocenters. The molecule has 2 aromatic rings. The summed E-state index contributed by atoms with van der Waals surface area (Å²) in [5, 5.41) is 9.11. The lowest BCUT2D eigenvalue weighted by Gasteiger charge is -2.09. The van der Waals surface area contributed by atoms with Crippen LogP contribution in [0.4, 0.5) is 13.2 Å². The number of alkyl halides is 3. The van der Waals surface area contributed by atoms with Crippen molar-refractivity contribution in [2.45, 2.75) is 25.6 Å². The van der Waals surface area contributed by atoms with Gasteiger partial charge < -0.3 is 9.84 Å². The van der Waals surface area contributed by atoms with Crippen molar-refractivity contribution in [1.82, 2.24) is 4.98 Å². The fourth-order valence-corrected chi connectivity index (χ4v) is 1.67. The quantitative estimate of drug-likeness (QED) is 0.869. The Hall–Kier alpha value is -2.52. The second-order valence-corrected chi connectivity index (χ2v) is 4.86. The van der Waals surface area contributed by atoms with Gasteiger partial charge in [-0.1, -0.05) is 11.8 Å². The molecular weight excluding hydrogens is 307 g/mol. The summed E-state index contributed by atoms with van der Waals surface area (Å²) in [5.74, 6) is 5.91. The van der Waals surface area contributed by atoms with Gasteiger partial charge in [0.25, 0.3) is 0 Å². The Morgan fingerprint density at radius 3 is 2.52 bits per heavy atom. The van der Waals surface area contributed by atoms with E-state index in [4.69, 9.17) is 9.84 Å². The first-order valence-electron chi connectivity index (χ1n) is 6.83. The minimum absolute atomic E-state index is 0.132. The molecule has 0 saturated heterocycles. The zero-order valence-corrected chi connectivity index (χ0v) is 12.3. The van der Waals surface area contributed by atoms with Gasteiger partial charge in [-0.25, -0.2) is 4.98 Å². The van der Waals surface area contributed by atoms with E-state index in [-0.39, 0.29) is 5.88 Å². The van der Waals surface area contributed by atoms with Gasteiger partial charge in [-0.15, -0.1) is 0 Å². The second-order valence-electron chi connectivity index (χ2n) is 4.86. The highest BCUT2D eigenvalue weighted by Gasteiger charge is 2.31. The molecule has 0 spiro atoms. The van der Waals surface area contributed by atoms with Crippen LogP contribution >= 0.6 is 0 Å². The van der Waals surface area contributed by atoms with Gasteiger partial charge in [0.05, 0.1) is 11.7 Å². The molecule has 23 heavy (non-hydrogen) atoms. The fourth-order valence-electron chi connectivity index (χ4n) is 1.67. The molecule has 2 rings (SSSR count). The van der Waals surface area contributed by atoms with Gasteiger partial charge in [-0.2, -0.15) is 13.2 Å². The number of benzene rings is 1. The first kappa shape index (κ1) is 16.8. The van der Waals surface area contributed by atoms with Gasteiger partial charge in [-0.05, 0) is 37.3 Å². The van der Waals surface area contributed by atoms with Crippen molar-refractivity contribution in [2.24, 2.45) is 0 Å². The molecule has 1 aromatic carbocycles. The van der Waals surface area contributed by atoms with Crippen molar-refractivity contribution in [3.05, 3.63) is 53.7 Å². The summed E-state index contributed by atoms with van der Waals surface area (Å²) in [4.78, 5) is 3.76. The Bertz CT molecular complexity index is 713. The topological polar surface area (TPSA) is 42.4 Å². The lowest BCUT2D eigenvalue weighted by Crippen LogP contribution is -2.05. The molecular formula is C17H14F3NO2. The molecule has 0 aliphatic carbocycles. The summed E-state index contributed by atoms with van der Waals surface area (Å²) >= 11 is 0. The van der Waals surface area contributed by atoms with Crippen LogP contribution in [0.1, 0.15) is 24.5 Å². The van der Waals surface area contributed by atoms with E-state index in [0.717, 1.165) is 23.9 Å². The Balaban J connectivity index is 2.08. The molecule has 0 saturated carbocycles. The normalized spacial score (nSPS) is 12.2. The van der Waals surface area contributed by atoms with Crippen LogP contribution in [-0.2, 0) is 6.18 Å². The number of ether oxygens (including phenoxy) is 1. The third-order valence-corrected chi connectivity index (χ3v) is 2.77. The van der Waals surface area contributed by atoms with E-state index in [9.17, 15) is 13.2 Å². The number of hydrogen-bond donors (Lipinski definition) is 1. The van der Waals surface area contributed by atoms with Crippen LogP contribution in [0.5, 0.6) is 11.6 Å². The molecule has 3 nitrogen and oxygen atoms in total. The number of aromatic nitrogens is 1. The van der Waals surface area contributed by atoms with E-state index >= 15 is 0 Å². The van der Waals surface area contributed by atoms with Crippen molar-refractivity contribution < 1.29 is 23.0 Å². The number of rotatable bonds is 3. The van der Waals surface area contributed by atoms with Gasteiger partial charge in [0.1, 0.15) is 5.75 Å². The van der Waals surface area contributed by atoms with Gasteiger partial charge >= 0.3 is 6.18 Å². The molecule has 1 heterocycles. The molecule has 1 atom stereocenters. The summed E-state index contributed by atoms with van der Waals surface area (Å²) in [6.07, 6.45) is -3.51. The average Bonchev–Trinajstić information content (AvgIpc) is 2.48. The lowest BCUT2D eigenvalue weighted by atomic mass is 10.2. The van der Waals surface area contributed by atoms with E-state index in [1.165, 1.54) is 0 Å². The summed E-state index contributed by atoms with van der Waals surface area (Å²) in [7, 11) is 0. The van der Waals surface area contributed by atoms with Gasteiger partial charge in [0.2, 0.25) is 5.88 Å². The van der Waals surface area contributed by atoms with Crippen LogP contribution in [-0.4, -0.2) is 16.2 Å². The summed E-state index contributed by atoms with van der Waals surface area (Å²) in [6, 6.07) is 8.27. The fraction of sp³-hybridized carbons (Fsp3) is 0.235. The molecule has 0 fully saturated rings. The number of hydrogen-bond acceptors (Lipinski definition) is 3. The summed E-state index contributed by atoms with van der Waals surface area (Å²) < 4.78 is 43.2. The lowest BCUT2D eigenvalue weighted by molar-refractivity contribution is -0.137. The van der Waals surface area contributed by atoms with E-state index in [2.05, 4.69) is 16.8 Å². The number of aliphatic hydroxyl groups excluding tert-OH is 1. The molecule has 0 amide bonds. The first-order chi connectivity index (χ1) is 10.8. The molecule has 6 heteroatoms. The Kier molecular flexibility index (Phi) is 5.24. The van der Waals surface area contributed by atoms with Crippen molar-refractivity contribution >= 4 is 0 Å². The molecule has 0 radical (unpaired) electrons. The van der Waals surface area contributed by atoms with Crippen LogP contribution < -0.4 is 4.74 Å².